The van der Waals surface area contributed by atoms with Crippen LogP contribution in [-0.4, -0.2) is 34.1 Å². The summed E-state index contributed by atoms with van der Waals surface area (Å²) in [4.78, 5) is 20.7. The first-order chi connectivity index (χ1) is 9.82. The molecule has 2 N–H and O–H groups in total. The zero-order valence-corrected chi connectivity index (χ0v) is 12.2. The Hall–Kier alpha value is -1.77. The van der Waals surface area contributed by atoms with Gasteiger partial charge in [-0.2, -0.15) is 0 Å². The fraction of sp³-hybridized carbons (Fsp3) is 0.500. The Morgan fingerprint density at radius 2 is 1.81 bits per heavy atom. The summed E-state index contributed by atoms with van der Waals surface area (Å²) in [5, 5.41) is 34.0. The van der Waals surface area contributed by atoms with Crippen molar-refractivity contribution in [2.75, 3.05) is 13.1 Å². The van der Waals surface area contributed by atoms with Crippen LogP contribution in [0.2, 0.25) is 5.02 Å². The molecule has 1 unspecified atom stereocenters. The molecule has 0 aliphatic heterocycles. The first kappa shape index (κ1) is 17.3. The van der Waals surface area contributed by atoms with E-state index in [4.69, 9.17) is 16.7 Å². The number of nitro benzene ring substituents is 2. The van der Waals surface area contributed by atoms with Crippen molar-refractivity contribution in [1.82, 2.24) is 5.32 Å². The van der Waals surface area contributed by atoms with Gasteiger partial charge in [0.1, 0.15) is 5.56 Å². The number of nitrogens with zero attached hydrogens (tertiary/aromatic N) is 2. The number of aliphatic hydroxyl groups excluding tert-OH is 1. The van der Waals surface area contributed by atoms with Crippen molar-refractivity contribution in [3.8, 4) is 0 Å². The van der Waals surface area contributed by atoms with E-state index >= 15 is 0 Å². The number of benzene rings is 1. The molecule has 21 heavy (non-hydrogen) atoms. The van der Waals surface area contributed by atoms with E-state index in [1.165, 1.54) is 0 Å². The largest absolute Gasteiger partial charge is 0.392 e. The number of nitro groups is 2. The monoisotopic (exact) mass is 317 g/mol. The van der Waals surface area contributed by atoms with Crippen LogP contribution < -0.4 is 5.32 Å². The highest BCUT2D eigenvalue weighted by atomic mass is 35.5. The maximum atomic E-state index is 11.0. The highest BCUT2D eigenvalue weighted by Gasteiger charge is 2.25. The third-order valence-electron chi connectivity index (χ3n) is 2.78. The molecule has 1 aromatic rings. The molecule has 0 spiro atoms. The van der Waals surface area contributed by atoms with E-state index in [1.807, 2.05) is 0 Å². The molecule has 9 heteroatoms. The maximum Gasteiger partial charge on any atom is 0.280 e. The van der Waals surface area contributed by atoms with Crippen molar-refractivity contribution in [1.29, 1.82) is 0 Å². The fourth-order valence-corrected chi connectivity index (χ4v) is 2.10. The fourth-order valence-electron chi connectivity index (χ4n) is 1.89. The lowest BCUT2D eigenvalue weighted by Crippen LogP contribution is -2.25. The van der Waals surface area contributed by atoms with Gasteiger partial charge in [0.25, 0.3) is 11.4 Å². The third-order valence-corrected chi connectivity index (χ3v) is 3.00. The molecule has 0 aliphatic carbocycles. The lowest BCUT2D eigenvalue weighted by molar-refractivity contribution is -0.395. The van der Waals surface area contributed by atoms with Crippen LogP contribution in [0.5, 0.6) is 0 Å². The average molecular weight is 318 g/mol. The first-order valence-electron chi connectivity index (χ1n) is 6.33. The van der Waals surface area contributed by atoms with Crippen LogP contribution in [0.4, 0.5) is 11.4 Å². The van der Waals surface area contributed by atoms with Gasteiger partial charge in [-0.1, -0.05) is 11.6 Å². The number of halogens is 1. The quantitative estimate of drug-likeness (QED) is 0.430. The Morgan fingerprint density at radius 3 is 2.24 bits per heavy atom. The zero-order chi connectivity index (χ0) is 16.0. The summed E-state index contributed by atoms with van der Waals surface area (Å²) in [7, 11) is 0. The molecule has 8 nitrogen and oxygen atoms in total. The van der Waals surface area contributed by atoms with Crippen molar-refractivity contribution < 1.29 is 15.0 Å². The van der Waals surface area contributed by atoms with Gasteiger partial charge in [-0.05, 0) is 26.3 Å². The second kappa shape index (κ2) is 7.87. The van der Waals surface area contributed by atoms with Gasteiger partial charge in [0.2, 0.25) is 0 Å². The van der Waals surface area contributed by atoms with Crippen molar-refractivity contribution in [3.05, 3.63) is 42.9 Å². The predicted octanol–water partition coefficient (Wildman–Crippen LogP) is 2.06. The number of aliphatic hydroxyl groups is 1. The molecule has 0 saturated carbocycles. The molecular weight excluding hydrogens is 302 g/mol. The average Bonchev–Trinajstić information content (AvgIpc) is 2.38. The summed E-state index contributed by atoms with van der Waals surface area (Å²) in [6.07, 6.45) is 0.149. The molecule has 0 aromatic heterocycles. The highest BCUT2D eigenvalue weighted by molar-refractivity contribution is 6.31. The van der Waals surface area contributed by atoms with Crippen LogP contribution in [0, 0.1) is 20.2 Å². The summed E-state index contributed by atoms with van der Waals surface area (Å²) in [6.45, 7) is 2.51. The number of rotatable bonds is 8. The van der Waals surface area contributed by atoms with Crippen molar-refractivity contribution in [2.45, 2.75) is 25.9 Å². The Balaban J connectivity index is 2.88. The molecule has 0 fully saturated rings. The van der Waals surface area contributed by atoms with E-state index in [2.05, 4.69) is 5.32 Å². The molecule has 1 atom stereocenters. The van der Waals surface area contributed by atoms with Gasteiger partial charge in [0.05, 0.1) is 21.0 Å². The predicted molar refractivity (Wildman–Crippen MR) is 77.6 cm³/mol. The molecule has 0 aliphatic rings. The van der Waals surface area contributed by atoms with Crippen molar-refractivity contribution >= 4 is 23.0 Å². The molecule has 1 rings (SSSR count). The zero-order valence-electron chi connectivity index (χ0n) is 11.4. The number of hydrogen-bond donors (Lipinski definition) is 2. The number of nitrogens with one attached hydrogen (secondary N) is 1. The smallest absolute Gasteiger partial charge is 0.280 e. The first-order valence-corrected chi connectivity index (χ1v) is 6.70. The van der Waals surface area contributed by atoms with Crippen LogP contribution in [-0.2, 0) is 6.42 Å². The lowest BCUT2D eigenvalue weighted by atomic mass is 10.1. The Labute approximate surface area is 126 Å². The Kier molecular flexibility index (Phi) is 6.47. The van der Waals surface area contributed by atoms with E-state index < -0.39 is 16.0 Å². The normalized spacial score (nSPS) is 12.1. The number of hydrogen-bond acceptors (Lipinski definition) is 6. The van der Waals surface area contributed by atoms with Crippen molar-refractivity contribution in [2.24, 2.45) is 0 Å². The molecule has 116 valence electrons. The molecule has 0 bridgehead atoms. The van der Waals surface area contributed by atoms with Gasteiger partial charge >= 0.3 is 0 Å². The molecular formula is C12H16ClN3O5. The third kappa shape index (κ3) is 5.25. The van der Waals surface area contributed by atoms with Crippen LogP contribution in [0.15, 0.2) is 12.1 Å². The van der Waals surface area contributed by atoms with Crippen LogP contribution in [0.3, 0.4) is 0 Å². The minimum Gasteiger partial charge on any atom is -0.392 e. The van der Waals surface area contributed by atoms with Crippen LogP contribution >= 0.6 is 11.6 Å². The molecule has 0 radical (unpaired) electrons. The molecule has 0 saturated heterocycles. The Bertz CT molecular complexity index is 501. The van der Waals surface area contributed by atoms with Gasteiger partial charge in [-0.25, -0.2) is 0 Å². The summed E-state index contributed by atoms with van der Waals surface area (Å²) < 4.78 is 0. The topological polar surface area (TPSA) is 119 Å². The SMILES string of the molecule is CC(O)CNCCCc1c([N+](=O)[O-])cc(Cl)cc1[N+](=O)[O-]. The standard InChI is InChI=1S/C12H16ClN3O5/c1-8(17)7-14-4-2-3-10-11(15(18)19)5-9(13)6-12(10)16(20)21/h5-6,8,14,17H,2-4,7H2,1H3. The van der Waals surface area contributed by atoms with Crippen molar-refractivity contribution in [3.63, 3.8) is 0 Å². The summed E-state index contributed by atoms with van der Waals surface area (Å²) >= 11 is 5.68. The molecule has 0 amide bonds. The summed E-state index contributed by atoms with van der Waals surface area (Å²) in [5.74, 6) is 0. The minimum absolute atomic E-state index is 0.0376. The second-order valence-corrected chi connectivity index (χ2v) is 5.03. The minimum atomic E-state index is -0.669. The van der Waals surface area contributed by atoms with Gasteiger partial charge < -0.3 is 10.4 Å². The molecule has 1 aromatic carbocycles. The highest BCUT2D eigenvalue weighted by Crippen LogP contribution is 2.33. The van der Waals surface area contributed by atoms with Crippen LogP contribution in [0.25, 0.3) is 0 Å². The summed E-state index contributed by atoms with van der Waals surface area (Å²) in [5.41, 5.74) is -0.623. The maximum absolute atomic E-state index is 11.0. The van der Waals surface area contributed by atoms with Gasteiger partial charge in [-0.15, -0.1) is 0 Å². The van der Waals surface area contributed by atoms with E-state index in [1.54, 1.807) is 6.92 Å². The van der Waals surface area contributed by atoms with E-state index in [0.29, 0.717) is 19.5 Å². The summed E-state index contributed by atoms with van der Waals surface area (Å²) in [6, 6.07) is 2.24. The van der Waals surface area contributed by atoms with Gasteiger partial charge in [0, 0.05) is 18.7 Å². The van der Waals surface area contributed by atoms with Crippen LogP contribution in [0.1, 0.15) is 18.9 Å². The Morgan fingerprint density at radius 1 is 1.29 bits per heavy atom. The van der Waals surface area contributed by atoms with Gasteiger partial charge in [0.15, 0.2) is 0 Å². The van der Waals surface area contributed by atoms with E-state index in [-0.39, 0.29) is 28.4 Å². The lowest BCUT2D eigenvalue weighted by Gasteiger charge is -2.08. The van der Waals surface area contributed by atoms with E-state index in [0.717, 1.165) is 12.1 Å². The van der Waals surface area contributed by atoms with E-state index in [9.17, 15) is 20.2 Å². The molecule has 0 heterocycles. The van der Waals surface area contributed by atoms with Gasteiger partial charge in [-0.3, -0.25) is 20.2 Å². The second-order valence-electron chi connectivity index (χ2n) is 4.59.